The molecule has 2 aromatic rings. The fraction of sp³-hybridized carbons (Fsp3) is 0.550. The molecule has 0 aromatic carbocycles. The number of hydrogen-bond donors (Lipinski definition) is 0. The Labute approximate surface area is 168 Å². The van der Waals surface area contributed by atoms with Gasteiger partial charge in [0.2, 0.25) is 0 Å². The molecule has 0 radical (unpaired) electrons. The van der Waals surface area contributed by atoms with Crippen molar-refractivity contribution in [2.24, 2.45) is 0 Å². The Morgan fingerprint density at radius 3 is 2.36 bits per heavy atom. The molecule has 0 saturated carbocycles. The topological polar surface area (TPSA) is 75.9 Å². The van der Waals surface area contributed by atoms with Gasteiger partial charge in [0.1, 0.15) is 5.76 Å². The van der Waals surface area contributed by atoms with E-state index in [1.54, 1.807) is 11.8 Å². The summed E-state index contributed by atoms with van der Waals surface area (Å²) in [6.45, 7) is 7.45. The third-order valence-corrected chi connectivity index (χ3v) is 6.39. The van der Waals surface area contributed by atoms with Crippen LogP contribution in [0.1, 0.15) is 55.4 Å². The Balaban J connectivity index is 1.39. The molecule has 7 nitrogen and oxygen atoms in total. The van der Waals surface area contributed by atoms with Gasteiger partial charge in [-0.3, -0.25) is 9.59 Å². The largest absolute Gasteiger partial charge is 0.445 e. The summed E-state index contributed by atoms with van der Waals surface area (Å²) >= 11 is 1.54. The van der Waals surface area contributed by atoms with E-state index in [-0.39, 0.29) is 17.7 Å². The van der Waals surface area contributed by atoms with Gasteiger partial charge in [-0.2, -0.15) is 0 Å². The van der Waals surface area contributed by atoms with Crippen molar-refractivity contribution in [1.29, 1.82) is 0 Å². The number of ether oxygens (including phenoxy) is 1. The van der Waals surface area contributed by atoms with Crippen LogP contribution in [0.2, 0.25) is 0 Å². The molecule has 8 heteroatoms. The monoisotopic (exact) mass is 403 g/mol. The van der Waals surface area contributed by atoms with Gasteiger partial charge in [0.25, 0.3) is 11.8 Å². The van der Waals surface area contributed by atoms with Gasteiger partial charge in [-0.1, -0.05) is 0 Å². The molecule has 2 aromatic heterocycles. The number of nitrogens with zero attached hydrogens (tertiary/aromatic N) is 3. The van der Waals surface area contributed by atoms with Crippen molar-refractivity contribution >= 4 is 23.2 Å². The van der Waals surface area contributed by atoms with E-state index in [9.17, 15) is 9.59 Å². The predicted molar refractivity (Wildman–Crippen MR) is 105 cm³/mol. The van der Waals surface area contributed by atoms with Crippen molar-refractivity contribution < 1.29 is 18.7 Å². The Bertz CT molecular complexity index is 861. The van der Waals surface area contributed by atoms with Crippen LogP contribution in [0.4, 0.5) is 0 Å². The lowest BCUT2D eigenvalue weighted by atomic mass is 9.96. The molecule has 4 rings (SSSR count). The lowest BCUT2D eigenvalue weighted by Crippen LogP contribution is -2.41. The highest BCUT2D eigenvalue weighted by Gasteiger charge is 2.30. The molecular weight excluding hydrogens is 378 g/mol. The number of carbonyl (C=O) groups is 2. The fourth-order valence-electron chi connectivity index (χ4n) is 3.74. The molecule has 2 amide bonds. The van der Waals surface area contributed by atoms with Gasteiger partial charge < -0.3 is 19.0 Å². The third kappa shape index (κ3) is 3.84. The number of morpholine rings is 1. The lowest BCUT2D eigenvalue weighted by Gasteiger charge is -2.30. The highest BCUT2D eigenvalue weighted by atomic mass is 32.1. The zero-order valence-electron chi connectivity index (χ0n) is 16.3. The minimum absolute atomic E-state index is 0.0866. The molecular formula is C20H25N3O4S. The SMILES string of the molecule is Cc1ccc(C(=O)N2CCC(c3nc(C(=O)N4CCOCC4)c(C)o3)CC2)s1. The fourth-order valence-corrected chi connectivity index (χ4v) is 4.58. The lowest BCUT2D eigenvalue weighted by molar-refractivity contribution is 0.0298. The van der Waals surface area contributed by atoms with Crippen LogP contribution in [0.25, 0.3) is 0 Å². The summed E-state index contributed by atoms with van der Waals surface area (Å²) in [7, 11) is 0. The molecule has 2 aliphatic rings. The summed E-state index contributed by atoms with van der Waals surface area (Å²) in [6.07, 6.45) is 1.59. The molecule has 0 spiro atoms. The average molecular weight is 404 g/mol. The number of likely N-dealkylation sites (tertiary alicyclic amines) is 1. The van der Waals surface area contributed by atoms with Crippen LogP contribution in [-0.4, -0.2) is 66.0 Å². The van der Waals surface area contributed by atoms with Crippen molar-refractivity contribution in [3.8, 4) is 0 Å². The first kappa shape index (κ1) is 19.1. The van der Waals surface area contributed by atoms with Gasteiger partial charge in [0, 0.05) is 37.0 Å². The number of hydrogen-bond acceptors (Lipinski definition) is 6. The number of aryl methyl sites for hydroxylation is 2. The molecule has 0 N–H and O–H groups in total. The Hall–Kier alpha value is -2.19. The second-order valence-electron chi connectivity index (χ2n) is 7.34. The van der Waals surface area contributed by atoms with E-state index in [1.807, 2.05) is 24.0 Å². The number of carbonyl (C=O) groups excluding carboxylic acids is 2. The number of rotatable bonds is 3. The van der Waals surface area contributed by atoms with Crippen molar-refractivity contribution in [2.75, 3.05) is 39.4 Å². The van der Waals surface area contributed by atoms with Gasteiger partial charge in [0.05, 0.1) is 18.1 Å². The van der Waals surface area contributed by atoms with E-state index >= 15 is 0 Å². The second-order valence-corrected chi connectivity index (χ2v) is 8.63. The normalized spacial score (nSPS) is 18.5. The molecule has 0 atom stereocenters. The highest BCUT2D eigenvalue weighted by molar-refractivity contribution is 7.13. The number of aromatic nitrogens is 1. The minimum Gasteiger partial charge on any atom is -0.445 e. The van der Waals surface area contributed by atoms with Crippen LogP contribution in [-0.2, 0) is 4.74 Å². The highest BCUT2D eigenvalue weighted by Crippen LogP contribution is 2.30. The Kier molecular flexibility index (Phi) is 5.50. The van der Waals surface area contributed by atoms with E-state index in [0.717, 1.165) is 22.6 Å². The first-order valence-corrected chi connectivity index (χ1v) is 10.5. The zero-order chi connectivity index (χ0) is 19.7. The summed E-state index contributed by atoms with van der Waals surface area (Å²) < 4.78 is 11.2. The van der Waals surface area contributed by atoms with E-state index in [0.29, 0.717) is 56.7 Å². The van der Waals surface area contributed by atoms with Crippen molar-refractivity contribution in [3.05, 3.63) is 39.2 Å². The number of thiophene rings is 1. The molecule has 2 aliphatic heterocycles. The van der Waals surface area contributed by atoms with Gasteiger partial charge in [-0.25, -0.2) is 4.98 Å². The molecule has 4 heterocycles. The molecule has 28 heavy (non-hydrogen) atoms. The Morgan fingerprint density at radius 2 is 1.71 bits per heavy atom. The summed E-state index contributed by atoms with van der Waals surface area (Å²) in [5, 5.41) is 0. The summed E-state index contributed by atoms with van der Waals surface area (Å²) in [5.41, 5.74) is 0.407. The van der Waals surface area contributed by atoms with Gasteiger partial charge >= 0.3 is 0 Å². The second kappa shape index (κ2) is 8.05. The van der Waals surface area contributed by atoms with E-state index in [1.165, 1.54) is 11.3 Å². The van der Waals surface area contributed by atoms with E-state index < -0.39 is 0 Å². The number of piperidine rings is 1. The smallest absolute Gasteiger partial charge is 0.276 e. The van der Waals surface area contributed by atoms with Crippen LogP contribution < -0.4 is 0 Å². The molecule has 150 valence electrons. The summed E-state index contributed by atoms with van der Waals surface area (Å²) in [6, 6.07) is 3.88. The maximum atomic E-state index is 12.7. The molecule has 0 unspecified atom stereocenters. The van der Waals surface area contributed by atoms with E-state index in [2.05, 4.69) is 4.98 Å². The van der Waals surface area contributed by atoms with Crippen molar-refractivity contribution in [3.63, 3.8) is 0 Å². The average Bonchev–Trinajstić information content (AvgIpc) is 3.33. The molecule has 2 saturated heterocycles. The first-order chi connectivity index (χ1) is 13.5. The first-order valence-electron chi connectivity index (χ1n) is 9.73. The molecule has 2 fully saturated rings. The number of oxazole rings is 1. The van der Waals surface area contributed by atoms with Gasteiger partial charge in [-0.05, 0) is 38.8 Å². The maximum Gasteiger partial charge on any atom is 0.276 e. The van der Waals surface area contributed by atoms with Crippen LogP contribution in [0.3, 0.4) is 0 Å². The van der Waals surface area contributed by atoms with Crippen LogP contribution in [0.15, 0.2) is 16.5 Å². The number of amides is 2. The van der Waals surface area contributed by atoms with Gasteiger partial charge in [0.15, 0.2) is 11.6 Å². The summed E-state index contributed by atoms with van der Waals surface area (Å²) in [5.74, 6) is 1.34. The molecule has 0 bridgehead atoms. The molecule has 0 aliphatic carbocycles. The van der Waals surface area contributed by atoms with Crippen LogP contribution in [0.5, 0.6) is 0 Å². The standard InChI is InChI=1S/C20H25N3O4S/c1-13-3-4-16(28-13)19(24)22-7-5-15(6-8-22)18-21-17(14(2)27-18)20(25)23-9-11-26-12-10-23/h3-4,15H,5-12H2,1-2H3. The predicted octanol–water partition coefficient (Wildman–Crippen LogP) is 2.85. The third-order valence-electron chi connectivity index (χ3n) is 5.40. The van der Waals surface area contributed by atoms with E-state index in [4.69, 9.17) is 9.15 Å². The van der Waals surface area contributed by atoms with Gasteiger partial charge in [-0.15, -0.1) is 11.3 Å². The minimum atomic E-state index is -0.0866. The van der Waals surface area contributed by atoms with Crippen LogP contribution in [0, 0.1) is 13.8 Å². The van der Waals surface area contributed by atoms with Crippen molar-refractivity contribution in [1.82, 2.24) is 14.8 Å². The maximum absolute atomic E-state index is 12.7. The van der Waals surface area contributed by atoms with Crippen molar-refractivity contribution in [2.45, 2.75) is 32.6 Å². The van der Waals surface area contributed by atoms with Crippen LogP contribution >= 0.6 is 11.3 Å². The zero-order valence-corrected chi connectivity index (χ0v) is 17.1. The Morgan fingerprint density at radius 1 is 1.04 bits per heavy atom. The quantitative estimate of drug-likeness (QED) is 0.788. The summed E-state index contributed by atoms with van der Waals surface area (Å²) in [4.78, 5) is 35.5.